The Morgan fingerprint density at radius 2 is 2.36 bits per heavy atom. The van der Waals surface area contributed by atoms with Crippen LogP contribution < -0.4 is 5.32 Å². The van der Waals surface area contributed by atoms with Crippen molar-refractivity contribution in [2.45, 2.75) is 18.9 Å². The van der Waals surface area contributed by atoms with Crippen LogP contribution in [0.4, 0.5) is 4.39 Å². The lowest BCUT2D eigenvalue weighted by molar-refractivity contribution is 0.275. The van der Waals surface area contributed by atoms with Gasteiger partial charge in [-0.3, -0.25) is 0 Å². The number of aliphatic hydroxyl groups is 1. The molecule has 0 unspecified atom stereocenters. The molecule has 76 valence electrons. The second kappa shape index (κ2) is 4.07. The van der Waals surface area contributed by atoms with Crippen molar-refractivity contribution < 1.29 is 9.50 Å². The van der Waals surface area contributed by atoms with Crippen LogP contribution in [0.15, 0.2) is 18.2 Å². The third-order valence-corrected chi connectivity index (χ3v) is 2.78. The van der Waals surface area contributed by atoms with Gasteiger partial charge < -0.3 is 10.4 Å². The summed E-state index contributed by atoms with van der Waals surface area (Å²) in [6.07, 6.45) is 1.07. The monoisotopic (exact) mass is 195 g/mol. The number of rotatable bonds is 2. The fraction of sp³-hybridized carbons (Fsp3) is 0.455. The van der Waals surface area contributed by atoms with E-state index >= 15 is 0 Å². The standard InChI is InChI=1S/C11H14FNO/c12-11-5-8(1-2-10(11)7-14)9-3-4-13-6-9/h1-2,5,9,13-14H,3-4,6-7H2/t9-/m0/s1. The summed E-state index contributed by atoms with van der Waals surface area (Å²) in [6.45, 7) is 1.71. The van der Waals surface area contributed by atoms with E-state index in [9.17, 15) is 4.39 Å². The van der Waals surface area contributed by atoms with Gasteiger partial charge in [0, 0.05) is 12.1 Å². The Bertz CT molecular complexity index is 321. The zero-order valence-electron chi connectivity index (χ0n) is 7.96. The second-order valence-corrected chi connectivity index (χ2v) is 3.70. The molecule has 1 atom stereocenters. The highest BCUT2D eigenvalue weighted by Gasteiger charge is 2.17. The number of hydrogen-bond acceptors (Lipinski definition) is 2. The quantitative estimate of drug-likeness (QED) is 0.747. The average molecular weight is 195 g/mol. The number of nitrogens with one attached hydrogen (secondary N) is 1. The van der Waals surface area contributed by atoms with E-state index in [1.165, 1.54) is 0 Å². The summed E-state index contributed by atoms with van der Waals surface area (Å²) in [6, 6.07) is 5.12. The van der Waals surface area contributed by atoms with Crippen LogP contribution in [0.5, 0.6) is 0 Å². The van der Waals surface area contributed by atoms with Gasteiger partial charge in [0.2, 0.25) is 0 Å². The van der Waals surface area contributed by atoms with Gasteiger partial charge in [0.15, 0.2) is 0 Å². The Balaban J connectivity index is 2.23. The van der Waals surface area contributed by atoms with Crippen LogP contribution >= 0.6 is 0 Å². The Morgan fingerprint density at radius 1 is 1.50 bits per heavy atom. The van der Waals surface area contributed by atoms with Crippen LogP contribution in [0, 0.1) is 5.82 Å². The molecule has 0 radical (unpaired) electrons. The minimum atomic E-state index is -0.295. The predicted octanol–water partition coefficient (Wildman–Crippen LogP) is 1.39. The number of aliphatic hydroxyl groups excluding tert-OH is 1. The van der Waals surface area contributed by atoms with Crippen molar-refractivity contribution in [2.75, 3.05) is 13.1 Å². The molecule has 2 N–H and O–H groups in total. The number of halogens is 1. The first-order valence-corrected chi connectivity index (χ1v) is 4.91. The molecule has 0 aromatic heterocycles. The van der Waals surface area contributed by atoms with E-state index in [0.29, 0.717) is 11.5 Å². The molecule has 0 spiro atoms. The zero-order valence-corrected chi connectivity index (χ0v) is 7.96. The molecule has 3 heteroatoms. The summed E-state index contributed by atoms with van der Waals surface area (Å²) < 4.78 is 13.3. The molecule has 2 nitrogen and oxygen atoms in total. The maximum atomic E-state index is 13.3. The molecule has 1 aromatic carbocycles. The molecule has 0 aliphatic carbocycles. The van der Waals surface area contributed by atoms with Gasteiger partial charge in [-0.15, -0.1) is 0 Å². The lowest BCUT2D eigenvalue weighted by Gasteiger charge is -2.09. The molecule has 1 aliphatic rings. The Kier molecular flexibility index (Phi) is 2.79. The normalized spacial score (nSPS) is 21.4. The first-order chi connectivity index (χ1) is 6.81. The van der Waals surface area contributed by atoms with Crippen LogP contribution in [0.3, 0.4) is 0 Å². The van der Waals surface area contributed by atoms with Crippen LogP contribution in [-0.2, 0) is 6.61 Å². The topological polar surface area (TPSA) is 32.3 Å². The van der Waals surface area contributed by atoms with Crippen molar-refractivity contribution in [3.63, 3.8) is 0 Å². The molecule has 1 fully saturated rings. The van der Waals surface area contributed by atoms with E-state index in [1.54, 1.807) is 12.1 Å². The molecular formula is C11H14FNO. The first kappa shape index (κ1) is 9.62. The molecule has 2 rings (SSSR count). The molecule has 0 bridgehead atoms. The molecule has 0 saturated carbocycles. The smallest absolute Gasteiger partial charge is 0.128 e. The van der Waals surface area contributed by atoms with Crippen LogP contribution in [0.25, 0.3) is 0 Å². The number of benzene rings is 1. The lowest BCUT2D eigenvalue weighted by Crippen LogP contribution is -2.08. The second-order valence-electron chi connectivity index (χ2n) is 3.70. The zero-order chi connectivity index (χ0) is 9.97. The Labute approximate surface area is 82.8 Å². The van der Waals surface area contributed by atoms with Crippen molar-refractivity contribution in [1.29, 1.82) is 0 Å². The van der Waals surface area contributed by atoms with Gasteiger partial charge in [-0.2, -0.15) is 0 Å². The van der Waals surface area contributed by atoms with E-state index in [4.69, 9.17) is 5.11 Å². The van der Waals surface area contributed by atoms with E-state index in [2.05, 4.69) is 5.32 Å². The molecular weight excluding hydrogens is 181 g/mol. The van der Waals surface area contributed by atoms with E-state index in [1.807, 2.05) is 6.07 Å². The van der Waals surface area contributed by atoms with E-state index < -0.39 is 0 Å². The highest BCUT2D eigenvalue weighted by atomic mass is 19.1. The summed E-state index contributed by atoms with van der Waals surface area (Å²) >= 11 is 0. The maximum absolute atomic E-state index is 13.3. The minimum absolute atomic E-state index is 0.227. The Morgan fingerprint density at radius 3 is 2.93 bits per heavy atom. The fourth-order valence-corrected chi connectivity index (χ4v) is 1.88. The van der Waals surface area contributed by atoms with Gasteiger partial charge in [0.05, 0.1) is 6.61 Å². The van der Waals surface area contributed by atoms with E-state index in [-0.39, 0.29) is 12.4 Å². The van der Waals surface area contributed by atoms with Crippen molar-refractivity contribution in [3.8, 4) is 0 Å². The van der Waals surface area contributed by atoms with Gasteiger partial charge in [-0.25, -0.2) is 4.39 Å². The predicted molar refractivity (Wildman–Crippen MR) is 52.6 cm³/mol. The van der Waals surface area contributed by atoms with Crippen LogP contribution in [0.2, 0.25) is 0 Å². The summed E-state index contributed by atoms with van der Waals surface area (Å²) in [7, 11) is 0. The van der Waals surface area contributed by atoms with Gasteiger partial charge >= 0.3 is 0 Å². The maximum Gasteiger partial charge on any atom is 0.128 e. The van der Waals surface area contributed by atoms with Crippen LogP contribution in [0.1, 0.15) is 23.5 Å². The summed E-state index contributed by atoms with van der Waals surface area (Å²) in [4.78, 5) is 0. The van der Waals surface area contributed by atoms with Crippen LogP contribution in [-0.4, -0.2) is 18.2 Å². The molecule has 14 heavy (non-hydrogen) atoms. The SMILES string of the molecule is OCc1ccc([C@H]2CCNC2)cc1F. The van der Waals surface area contributed by atoms with E-state index in [0.717, 1.165) is 25.1 Å². The fourth-order valence-electron chi connectivity index (χ4n) is 1.88. The minimum Gasteiger partial charge on any atom is -0.392 e. The summed E-state index contributed by atoms with van der Waals surface area (Å²) in [5.41, 5.74) is 1.41. The summed E-state index contributed by atoms with van der Waals surface area (Å²) in [5, 5.41) is 12.1. The van der Waals surface area contributed by atoms with Gasteiger partial charge in [-0.1, -0.05) is 12.1 Å². The van der Waals surface area contributed by atoms with Gasteiger partial charge in [0.1, 0.15) is 5.82 Å². The highest BCUT2D eigenvalue weighted by Crippen LogP contribution is 2.23. The third-order valence-electron chi connectivity index (χ3n) is 2.78. The largest absolute Gasteiger partial charge is 0.392 e. The van der Waals surface area contributed by atoms with Crippen molar-refractivity contribution >= 4 is 0 Å². The third kappa shape index (κ3) is 1.79. The van der Waals surface area contributed by atoms with Crippen molar-refractivity contribution in [2.24, 2.45) is 0 Å². The molecule has 1 aliphatic heterocycles. The molecule has 0 amide bonds. The summed E-state index contributed by atoms with van der Waals surface area (Å²) in [5.74, 6) is 0.133. The first-order valence-electron chi connectivity index (χ1n) is 4.91. The molecule has 1 aromatic rings. The van der Waals surface area contributed by atoms with Gasteiger partial charge in [-0.05, 0) is 30.5 Å². The highest BCUT2D eigenvalue weighted by molar-refractivity contribution is 5.27. The van der Waals surface area contributed by atoms with Crippen molar-refractivity contribution in [3.05, 3.63) is 35.1 Å². The van der Waals surface area contributed by atoms with Crippen molar-refractivity contribution in [1.82, 2.24) is 5.32 Å². The average Bonchev–Trinajstić information content (AvgIpc) is 2.70. The number of hydrogen-bond donors (Lipinski definition) is 2. The Hall–Kier alpha value is -0.930. The molecule has 1 saturated heterocycles. The molecule has 1 heterocycles. The lowest BCUT2D eigenvalue weighted by atomic mass is 9.97. The van der Waals surface area contributed by atoms with Gasteiger partial charge in [0.25, 0.3) is 0 Å².